The molecule has 84 valence electrons. The Balaban J connectivity index is 2.33. The van der Waals surface area contributed by atoms with Crippen molar-refractivity contribution in [2.75, 3.05) is 6.61 Å². The number of imidazole rings is 1. The van der Waals surface area contributed by atoms with E-state index in [4.69, 9.17) is 4.74 Å². The summed E-state index contributed by atoms with van der Waals surface area (Å²) in [5, 5.41) is 0. The van der Waals surface area contributed by atoms with Crippen molar-refractivity contribution in [3.8, 4) is 11.4 Å². The molecule has 3 nitrogen and oxygen atoms in total. The van der Waals surface area contributed by atoms with Gasteiger partial charge in [-0.15, -0.1) is 0 Å². The van der Waals surface area contributed by atoms with E-state index in [-0.39, 0.29) is 6.23 Å². The molecule has 0 spiro atoms. The van der Waals surface area contributed by atoms with Crippen LogP contribution in [0.5, 0.6) is 0 Å². The van der Waals surface area contributed by atoms with Gasteiger partial charge in [0.25, 0.3) is 0 Å². The molecule has 0 saturated heterocycles. The maximum atomic E-state index is 5.57. The Morgan fingerprint density at radius 2 is 2.06 bits per heavy atom. The molecule has 0 N–H and O–H groups in total. The molecule has 1 aromatic heterocycles. The molecule has 0 bridgehead atoms. The van der Waals surface area contributed by atoms with Crippen LogP contribution in [0.3, 0.4) is 0 Å². The lowest BCUT2D eigenvalue weighted by atomic mass is 10.2. The molecule has 1 heterocycles. The first kappa shape index (κ1) is 10.9. The van der Waals surface area contributed by atoms with Crippen LogP contribution in [0, 0.1) is 0 Å². The molecule has 0 amide bonds. The van der Waals surface area contributed by atoms with E-state index < -0.39 is 0 Å². The van der Waals surface area contributed by atoms with Gasteiger partial charge < -0.3 is 9.30 Å². The van der Waals surface area contributed by atoms with Crippen molar-refractivity contribution in [3.05, 3.63) is 42.7 Å². The maximum Gasteiger partial charge on any atom is 0.141 e. The van der Waals surface area contributed by atoms with Crippen LogP contribution in [0.25, 0.3) is 11.4 Å². The van der Waals surface area contributed by atoms with Gasteiger partial charge >= 0.3 is 0 Å². The lowest BCUT2D eigenvalue weighted by molar-refractivity contribution is 0.0259. The summed E-state index contributed by atoms with van der Waals surface area (Å²) in [5.41, 5.74) is 1.11. The van der Waals surface area contributed by atoms with Crippen molar-refractivity contribution in [2.45, 2.75) is 20.1 Å². The Hall–Kier alpha value is -1.61. The summed E-state index contributed by atoms with van der Waals surface area (Å²) in [6, 6.07) is 10.1. The standard InChI is InChI=1S/C13H16N2O/c1-3-16-11(2)15-10-9-14-13(15)12-7-5-4-6-8-12/h4-11H,3H2,1-2H3. The zero-order valence-corrected chi connectivity index (χ0v) is 9.63. The van der Waals surface area contributed by atoms with Gasteiger partial charge in [-0.2, -0.15) is 0 Å². The number of hydrogen-bond donors (Lipinski definition) is 0. The molecular formula is C13H16N2O. The molecule has 2 rings (SSSR count). The van der Waals surface area contributed by atoms with Gasteiger partial charge in [0.15, 0.2) is 0 Å². The molecule has 0 aliphatic carbocycles. The topological polar surface area (TPSA) is 27.1 Å². The molecule has 0 aliphatic heterocycles. The molecular weight excluding hydrogens is 200 g/mol. The van der Waals surface area contributed by atoms with Crippen LogP contribution < -0.4 is 0 Å². The molecule has 16 heavy (non-hydrogen) atoms. The van der Waals surface area contributed by atoms with Crippen molar-refractivity contribution in [1.29, 1.82) is 0 Å². The van der Waals surface area contributed by atoms with Crippen LogP contribution >= 0.6 is 0 Å². The zero-order valence-electron chi connectivity index (χ0n) is 9.63. The molecule has 1 unspecified atom stereocenters. The first-order valence-electron chi connectivity index (χ1n) is 5.52. The monoisotopic (exact) mass is 216 g/mol. The molecule has 3 heteroatoms. The number of hydrogen-bond acceptors (Lipinski definition) is 2. The number of benzene rings is 1. The van der Waals surface area contributed by atoms with Gasteiger partial charge in [0.2, 0.25) is 0 Å². The zero-order chi connectivity index (χ0) is 11.4. The third-order valence-electron chi connectivity index (χ3n) is 2.50. The Labute approximate surface area is 95.7 Å². The van der Waals surface area contributed by atoms with E-state index in [1.54, 1.807) is 6.20 Å². The van der Waals surface area contributed by atoms with Crippen LogP contribution in [0.4, 0.5) is 0 Å². The van der Waals surface area contributed by atoms with E-state index in [9.17, 15) is 0 Å². The van der Waals surface area contributed by atoms with E-state index in [1.807, 2.05) is 42.8 Å². The summed E-state index contributed by atoms with van der Waals surface area (Å²) >= 11 is 0. The van der Waals surface area contributed by atoms with Crippen molar-refractivity contribution >= 4 is 0 Å². The van der Waals surface area contributed by atoms with Gasteiger partial charge in [-0.25, -0.2) is 4.98 Å². The summed E-state index contributed by atoms with van der Waals surface area (Å²) < 4.78 is 7.61. The van der Waals surface area contributed by atoms with Gasteiger partial charge in [-0.1, -0.05) is 30.3 Å². The van der Waals surface area contributed by atoms with Gasteiger partial charge in [0, 0.05) is 24.6 Å². The Morgan fingerprint density at radius 3 is 2.75 bits per heavy atom. The second-order valence-corrected chi connectivity index (χ2v) is 3.58. The highest BCUT2D eigenvalue weighted by molar-refractivity contribution is 5.55. The third-order valence-corrected chi connectivity index (χ3v) is 2.50. The molecule has 0 aliphatic rings. The predicted octanol–water partition coefficient (Wildman–Crippen LogP) is 3.11. The molecule has 2 aromatic rings. The molecule has 1 atom stereocenters. The largest absolute Gasteiger partial charge is 0.359 e. The molecule has 0 fully saturated rings. The Morgan fingerprint density at radius 1 is 1.31 bits per heavy atom. The second kappa shape index (κ2) is 4.94. The fourth-order valence-corrected chi connectivity index (χ4v) is 1.74. The predicted molar refractivity (Wildman–Crippen MR) is 64.0 cm³/mol. The van der Waals surface area contributed by atoms with Gasteiger partial charge in [0.1, 0.15) is 12.1 Å². The van der Waals surface area contributed by atoms with Crippen LogP contribution in [-0.2, 0) is 4.74 Å². The minimum Gasteiger partial charge on any atom is -0.359 e. The Kier molecular flexibility index (Phi) is 3.37. The number of nitrogens with zero attached hydrogens (tertiary/aromatic N) is 2. The van der Waals surface area contributed by atoms with Crippen molar-refractivity contribution in [2.24, 2.45) is 0 Å². The number of ether oxygens (including phenoxy) is 1. The summed E-state index contributed by atoms with van der Waals surface area (Å²) in [4.78, 5) is 4.37. The van der Waals surface area contributed by atoms with E-state index in [0.717, 1.165) is 11.4 Å². The quantitative estimate of drug-likeness (QED) is 0.785. The van der Waals surface area contributed by atoms with Crippen LogP contribution in [-0.4, -0.2) is 16.2 Å². The first-order valence-corrected chi connectivity index (χ1v) is 5.52. The smallest absolute Gasteiger partial charge is 0.141 e. The fourth-order valence-electron chi connectivity index (χ4n) is 1.74. The van der Waals surface area contributed by atoms with Crippen LogP contribution in [0.2, 0.25) is 0 Å². The van der Waals surface area contributed by atoms with Crippen LogP contribution in [0.1, 0.15) is 20.1 Å². The lowest BCUT2D eigenvalue weighted by Crippen LogP contribution is -2.09. The molecule has 1 aromatic carbocycles. The molecule has 0 radical (unpaired) electrons. The maximum absolute atomic E-state index is 5.57. The summed E-state index contributed by atoms with van der Waals surface area (Å²) in [6.07, 6.45) is 3.77. The lowest BCUT2D eigenvalue weighted by Gasteiger charge is -2.16. The third kappa shape index (κ3) is 2.14. The highest BCUT2D eigenvalue weighted by atomic mass is 16.5. The second-order valence-electron chi connectivity index (χ2n) is 3.58. The van der Waals surface area contributed by atoms with Gasteiger partial charge in [-0.3, -0.25) is 0 Å². The SMILES string of the molecule is CCOC(C)n1ccnc1-c1ccccc1. The van der Waals surface area contributed by atoms with Crippen molar-refractivity contribution < 1.29 is 4.74 Å². The Bertz CT molecular complexity index is 436. The summed E-state index contributed by atoms with van der Waals surface area (Å²) in [6.45, 7) is 4.72. The average molecular weight is 216 g/mol. The van der Waals surface area contributed by atoms with Crippen molar-refractivity contribution in [3.63, 3.8) is 0 Å². The average Bonchev–Trinajstić information content (AvgIpc) is 2.79. The normalized spacial score (nSPS) is 12.6. The van der Waals surface area contributed by atoms with E-state index >= 15 is 0 Å². The fraction of sp³-hybridized carbons (Fsp3) is 0.308. The number of rotatable bonds is 4. The number of aromatic nitrogens is 2. The first-order chi connectivity index (χ1) is 7.83. The summed E-state index contributed by atoms with van der Waals surface area (Å²) in [5.74, 6) is 0.946. The highest BCUT2D eigenvalue weighted by Gasteiger charge is 2.10. The highest BCUT2D eigenvalue weighted by Crippen LogP contribution is 2.21. The minimum absolute atomic E-state index is 0.0164. The van der Waals surface area contributed by atoms with E-state index in [0.29, 0.717) is 6.61 Å². The van der Waals surface area contributed by atoms with Crippen molar-refractivity contribution in [1.82, 2.24) is 9.55 Å². The van der Waals surface area contributed by atoms with E-state index in [2.05, 4.69) is 17.1 Å². The van der Waals surface area contributed by atoms with Crippen LogP contribution in [0.15, 0.2) is 42.7 Å². The van der Waals surface area contributed by atoms with Gasteiger partial charge in [-0.05, 0) is 13.8 Å². The minimum atomic E-state index is 0.0164. The van der Waals surface area contributed by atoms with Gasteiger partial charge in [0.05, 0.1) is 0 Å². The van der Waals surface area contributed by atoms with E-state index in [1.165, 1.54) is 0 Å². The summed E-state index contributed by atoms with van der Waals surface area (Å²) in [7, 11) is 0. The molecule has 0 saturated carbocycles.